The summed E-state index contributed by atoms with van der Waals surface area (Å²) < 4.78 is 0. The van der Waals surface area contributed by atoms with E-state index < -0.39 is 0 Å². The molecule has 0 N–H and O–H groups in total. The number of hydrogen-bond acceptors (Lipinski definition) is 2. The molecule has 2 nitrogen and oxygen atoms in total. The molecular weight excluding hydrogens is 376 g/mol. The molecular formula is C29H19N2. The average Bonchev–Trinajstić information content (AvgIpc) is 2.85. The molecule has 0 spiro atoms. The van der Waals surface area contributed by atoms with E-state index in [4.69, 9.17) is 10.5 Å². The minimum Gasteiger partial charge on any atom is -0.198 e. The Balaban J connectivity index is 0.000000179. The van der Waals surface area contributed by atoms with Crippen LogP contribution in [0.2, 0.25) is 0 Å². The van der Waals surface area contributed by atoms with Gasteiger partial charge in [-0.25, -0.2) is 0 Å². The van der Waals surface area contributed by atoms with E-state index >= 15 is 0 Å². The zero-order valence-corrected chi connectivity index (χ0v) is 16.9. The molecule has 0 unspecified atom stereocenters. The maximum Gasteiger partial charge on any atom is 0.0991 e. The maximum atomic E-state index is 8.65. The van der Waals surface area contributed by atoms with Crippen molar-refractivity contribution in [1.82, 2.24) is 0 Å². The summed E-state index contributed by atoms with van der Waals surface area (Å²) >= 11 is 0. The molecule has 4 aromatic rings. The van der Waals surface area contributed by atoms with Gasteiger partial charge >= 0.3 is 0 Å². The van der Waals surface area contributed by atoms with Crippen molar-refractivity contribution in [2.24, 2.45) is 0 Å². The zero-order valence-electron chi connectivity index (χ0n) is 16.9. The number of rotatable bonds is 2. The highest BCUT2D eigenvalue weighted by molar-refractivity contribution is 5.63. The van der Waals surface area contributed by atoms with Crippen LogP contribution >= 0.6 is 0 Å². The van der Waals surface area contributed by atoms with Crippen LogP contribution in [0.4, 0.5) is 0 Å². The van der Waals surface area contributed by atoms with E-state index in [1.54, 1.807) is 0 Å². The van der Waals surface area contributed by atoms with Crippen LogP contribution in [0.15, 0.2) is 103 Å². The van der Waals surface area contributed by atoms with Crippen LogP contribution in [0.3, 0.4) is 0 Å². The van der Waals surface area contributed by atoms with Crippen LogP contribution in [-0.2, 0) is 6.42 Å². The average molecular weight is 395 g/mol. The van der Waals surface area contributed by atoms with Gasteiger partial charge in [0.15, 0.2) is 0 Å². The fourth-order valence-electron chi connectivity index (χ4n) is 2.78. The molecule has 0 aliphatic heterocycles. The standard InChI is InChI=1S/C16H10N.C13H9N/c17-13-12-16-10-8-15(9-11-16)7-6-14-4-2-1-3-5-14;14-10-11-6-8-13(9-7-11)12-4-2-1-3-5-12/h2-5,8-11H,12H2;1-9H. The summed E-state index contributed by atoms with van der Waals surface area (Å²) in [5.74, 6) is 6.16. The van der Waals surface area contributed by atoms with E-state index in [2.05, 4.69) is 42.2 Å². The molecule has 1 radical (unpaired) electrons. The van der Waals surface area contributed by atoms with E-state index in [1.807, 2.05) is 91.0 Å². The third-order valence-corrected chi connectivity index (χ3v) is 4.43. The molecule has 0 aliphatic rings. The van der Waals surface area contributed by atoms with Crippen LogP contribution in [0.1, 0.15) is 22.3 Å². The maximum absolute atomic E-state index is 8.65. The van der Waals surface area contributed by atoms with Gasteiger partial charge in [0.25, 0.3) is 0 Å². The first-order valence-electron chi connectivity index (χ1n) is 9.78. The summed E-state index contributed by atoms with van der Waals surface area (Å²) in [6.07, 6.45) is 0.447. The highest BCUT2D eigenvalue weighted by Crippen LogP contribution is 2.18. The van der Waals surface area contributed by atoms with Crippen molar-refractivity contribution in [2.45, 2.75) is 6.42 Å². The molecule has 0 amide bonds. The van der Waals surface area contributed by atoms with Gasteiger partial charge in [-0.15, -0.1) is 0 Å². The molecule has 4 aromatic carbocycles. The highest BCUT2D eigenvalue weighted by Gasteiger charge is 1.95. The largest absolute Gasteiger partial charge is 0.198 e. The molecule has 0 aliphatic carbocycles. The lowest BCUT2D eigenvalue weighted by atomic mass is 10.0. The Hall–Kier alpha value is -4.58. The lowest BCUT2D eigenvalue weighted by Gasteiger charge is -1.99. The first-order valence-corrected chi connectivity index (χ1v) is 9.78. The lowest BCUT2D eigenvalue weighted by molar-refractivity contribution is 1.26. The Morgan fingerprint density at radius 1 is 0.581 bits per heavy atom. The second-order valence-corrected chi connectivity index (χ2v) is 6.63. The van der Waals surface area contributed by atoms with Gasteiger partial charge in [0.05, 0.1) is 24.1 Å². The third kappa shape index (κ3) is 6.76. The van der Waals surface area contributed by atoms with Gasteiger partial charge in [-0.05, 0) is 59.2 Å². The summed E-state index contributed by atoms with van der Waals surface area (Å²) in [6, 6.07) is 40.2. The molecule has 145 valence electrons. The second kappa shape index (κ2) is 11.4. The molecule has 0 heterocycles. The smallest absolute Gasteiger partial charge is 0.0991 e. The van der Waals surface area contributed by atoms with Crippen molar-refractivity contribution in [2.75, 3.05) is 0 Å². The normalized spacial score (nSPS) is 9.10. The van der Waals surface area contributed by atoms with E-state index in [-0.39, 0.29) is 0 Å². The summed E-state index contributed by atoms with van der Waals surface area (Å²) in [6.45, 7) is 0. The molecule has 0 fully saturated rings. The van der Waals surface area contributed by atoms with Crippen molar-refractivity contribution in [3.8, 4) is 35.1 Å². The predicted molar refractivity (Wildman–Crippen MR) is 124 cm³/mol. The third-order valence-electron chi connectivity index (χ3n) is 4.43. The first-order chi connectivity index (χ1) is 15.3. The van der Waals surface area contributed by atoms with Crippen molar-refractivity contribution in [1.29, 1.82) is 10.5 Å². The van der Waals surface area contributed by atoms with Crippen molar-refractivity contribution < 1.29 is 0 Å². The Labute approximate surface area is 183 Å². The van der Waals surface area contributed by atoms with E-state index in [0.29, 0.717) is 12.0 Å². The minimum absolute atomic E-state index is 0.447. The quantitative estimate of drug-likeness (QED) is 0.381. The van der Waals surface area contributed by atoms with Crippen LogP contribution in [0, 0.1) is 40.6 Å². The zero-order chi connectivity index (χ0) is 21.7. The van der Waals surface area contributed by atoms with Gasteiger partial charge in [0.2, 0.25) is 0 Å². The van der Waals surface area contributed by atoms with Crippen LogP contribution < -0.4 is 0 Å². The molecule has 31 heavy (non-hydrogen) atoms. The van der Waals surface area contributed by atoms with Gasteiger partial charge in [-0.2, -0.15) is 10.5 Å². The Morgan fingerprint density at radius 2 is 1.13 bits per heavy atom. The highest BCUT2D eigenvalue weighted by atomic mass is 14.2. The first kappa shape index (κ1) is 21.1. The van der Waals surface area contributed by atoms with Crippen LogP contribution in [-0.4, -0.2) is 0 Å². The van der Waals surface area contributed by atoms with Gasteiger partial charge in [0, 0.05) is 11.1 Å². The summed E-state index contributed by atoms with van der Waals surface area (Å²) in [5.41, 5.74) is 5.98. The van der Waals surface area contributed by atoms with Crippen molar-refractivity contribution >= 4 is 0 Å². The van der Waals surface area contributed by atoms with Gasteiger partial charge in [-0.3, -0.25) is 0 Å². The van der Waals surface area contributed by atoms with E-state index in [9.17, 15) is 0 Å². The molecule has 0 bridgehead atoms. The van der Waals surface area contributed by atoms with Crippen molar-refractivity contribution in [3.05, 3.63) is 131 Å². The monoisotopic (exact) mass is 395 g/mol. The second-order valence-electron chi connectivity index (χ2n) is 6.63. The molecule has 0 saturated carbocycles. The fraction of sp³-hybridized carbons (Fsp3) is 0.0345. The Morgan fingerprint density at radius 3 is 1.71 bits per heavy atom. The number of hydrogen-bond donors (Lipinski definition) is 0. The summed E-state index contributed by atoms with van der Waals surface area (Å²) in [7, 11) is 0. The number of nitriles is 2. The number of benzene rings is 4. The SMILES string of the molecule is N#CCc1ccc(C#Cc2cc[c]cc2)cc1.N#Cc1ccc(-c2ccccc2)cc1. The van der Waals surface area contributed by atoms with Crippen LogP contribution in [0.5, 0.6) is 0 Å². The molecule has 2 heteroatoms. The van der Waals surface area contributed by atoms with Crippen LogP contribution in [0.25, 0.3) is 11.1 Å². The predicted octanol–water partition coefficient (Wildman–Crippen LogP) is 6.18. The lowest BCUT2D eigenvalue weighted by Crippen LogP contribution is -1.81. The molecule has 0 atom stereocenters. The van der Waals surface area contributed by atoms with Gasteiger partial charge < -0.3 is 0 Å². The Bertz CT molecular complexity index is 1230. The van der Waals surface area contributed by atoms with E-state index in [0.717, 1.165) is 22.3 Å². The molecule has 0 aromatic heterocycles. The summed E-state index contributed by atoms with van der Waals surface area (Å²) in [4.78, 5) is 0. The van der Waals surface area contributed by atoms with Gasteiger partial charge in [-0.1, -0.05) is 78.6 Å². The van der Waals surface area contributed by atoms with Crippen molar-refractivity contribution in [3.63, 3.8) is 0 Å². The molecule has 4 rings (SSSR count). The topological polar surface area (TPSA) is 47.6 Å². The minimum atomic E-state index is 0.447. The van der Waals surface area contributed by atoms with E-state index in [1.165, 1.54) is 5.56 Å². The fourth-order valence-corrected chi connectivity index (χ4v) is 2.78. The number of nitrogens with zero attached hydrogens (tertiary/aromatic N) is 2. The Kier molecular flexibility index (Phi) is 7.79. The summed E-state index contributed by atoms with van der Waals surface area (Å²) in [5, 5.41) is 17.2. The van der Waals surface area contributed by atoms with Gasteiger partial charge in [0.1, 0.15) is 0 Å². The molecule has 0 saturated heterocycles.